The van der Waals surface area contributed by atoms with Gasteiger partial charge in [-0.15, -0.1) is 6.58 Å². The molecule has 0 heterocycles. The predicted molar refractivity (Wildman–Crippen MR) is 50.3 cm³/mol. The Hall–Kier alpha value is -0.390. The Morgan fingerprint density at radius 3 is 2.50 bits per heavy atom. The zero-order valence-corrected chi connectivity index (χ0v) is 8.18. The van der Waals surface area contributed by atoms with Gasteiger partial charge >= 0.3 is 0 Å². The molecule has 0 saturated heterocycles. The molecule has 0 amide bonds. The van der Waals surface area contributed by atoms with Crippen molar-refractivity contribution in [3.63, 3.8) is 0 Å². The Bertz CT molecular complexity index is 224. The summed E-state index contributed by atoms with van der Waals surface area (Å²) in [5, 5.41) is 0. The minimum absolute atomic E-state index is 0.360. The molecule has 0 rings (SSSR count). The summed E-state index contributed by atoms with van der Waals surface area (Å²) in [5.74, 6) is 0. The van der Waals surface area contributed by atoms with Gasteiger partial charge in [-0.25, -0.2) is 8.42 Å². The normalized spacial score (nSPS) is 11.9. The lowest BCUT2D eigenvalue weighted by molar-refractivity contribution is 0.441. The first-order valence-electron chi connectivity index (χ1n) is 3.78. The summed E-state index contributed by atoms with van der Waals surface area (Å²) in [4.78, 5) is 0. The number of nitrogens with two attached hydrogens (primary N) is 1. The zero-order valence-electron chi connectivity index (χ0n) is 7.36. The fraction of sp³-hybridized carbons (Fsp3) is 0.714. The lowest BCUT2D eigenvalue weighted by atomic mass is 10.4. The van der Waals surface area contributed by atoms with Crippen molar-refractivity contribution in [1.82, 2.24) is 4.31 Å². The van der Waals surface area contributed by atoms with Crippen LogP contribution in [0.4, 0.5) is 0 Å². The van der Waals surface area contributed by atoms with Crippen LogP contribution in [0.3, 0.4) is 0 Å². The molecule has 0 aromatic carbocycles. The van der Waals surface area contributed by atoms with E-state index < -0.39 is 10.0 Å². The molecule has 0 aliphatic heterocycles. The maximum Gasteiger partial charge on any atom is 0.211 e. The summed E-state index contributed by atoms with van der Waals surface area (Å²) in [7, 11) is -3.09. The van der Waals surface area contributed by atoms with Gasteiger partial charge in [0, 0.05) is 13.1 Å². The fourth-order valence-electron chi connectivity index (χ4n) is 0.804. The van der Waals surface area contributed by atoms with Gasteiger partial charge in [0.2, 0.25) is 10.0 Å². The standard InChI is InChI=1S/C7H16N2O2S/c1-3-6-9(7-4-5-8)12(2,10)11/h3H,1,4-8H2,2H3. The van der Waals surface area contributed by atoms with E-state index in [0.717, 1.165) is 0 Å². The second-order valence-electron chi connectivity index (χ2n) is 2.55. The number of hydrogen-bond donors (Lipinski definition) is 1. The highest BCUT2D eigenvalue weighted by Gasteiger charge is 2.13. The minimum atomic E-state index is -3.09. The number of sulfonamides is 1. The lowest BCUT2D eigenvalue weighted by Crippen LogP contribution is -2.32. The van der Waals surface area contributed by atoms with Crippen molar-refractivity contribution in [3.8, 4) is 0 Å². The van der Waals surface area contributed by atoms with Crippen LogP contribution in [0.5, 0.6) is 0 Å². The quantitative estimate of drug-likeness (QED) is 0.592. The van der Waals surface area contributed by atoms with Crippen LogP contribution >= 0.6 is 0 Å². The maximum atomic E-state index is 11.1. The summed E-state index contributed by atoms with van der Waals surface area (Å²) >= 11 is 0. The van der Waals surface area contributed by atoms with Crippen LogP contribution in [0.1, 0.15) is 6.42 Å². The van der Waals surface area contributed by atoms with Crippen molar-refractivity contribution in [3.05, 3.63) is 12.7 Å². The van der Waals surface area contributed by atoms with Crippen LogP contribution in [-0.4, -0.2) is 38.6 Å². The van der Waals surface area contributed by atoms with E-state index in [2.05, 4.69) is 6.58 Å². The van der Waals surface area contributed by atoms with E-state index in [4.69, 9.17) is 5.73 Å². The molecule has 0 unspecified atom stereocenters. The molecule has 0 atom stereocenters. The summed E-state index contributed by atoms with van der Waals surface area (Å²) in [6.45, 7) is 4.82. The predicted octanol–water partition coefficient (Wildman–Crippen LogP) is -0.217. The topological polar surface area (TPSA) is 63.4 Å². The molecular formula is C7H16N2O2S. The first-order valence-corrected chi connectivity index (χ1v) is 5.63. The molecule has 0 bridgehead atoms. The number of hydrogen-bond acceptors (Lipinski definition) is 3. The third-order valence-electron chi connectivity index (χ3n) is 1.41. The molecule has 5 heteroatoms. The summed E-state index contributed by atoms with van der Waals surface area (Å²) in [6.07, 6.45) is 3.44. The van der Waals surface area contributed by atoms with Crippen molar-refractivity contribution >= 4 is 10.0 Å². The van der Waals surface area contributed by atoms with Crippen LogP contribution in [0, 0.1) is 0 Å². The van der Waals surface area contributed by atoms with Crippen LogP contribution in [0.15, 0.2) is 12.7 Å². The summed E-state index contributed by atoms with van der Waals surface area (Å²) < 4.78 is 23.5. The van der Waals surface area contributed by atoms with Gasteiger partial charge in [0.25, 0.3) is 0 Å². The van der Waals surface area contributed by atoms with Gasteiger partial charge in [-0.05, 0) is 13.0 Å². The summed E-state index contributed by atoms with van der Waals surface area (Å²) in [6, 6.07) is 0. The average molecular weight is 192 g/mol. The van der Waals surface area contributed by atoms with E-state index in [1.807, 2.05) is 0 Å². The average Bonchev–Trinajstić information content (AvgIpc) is 1.95. The molecule has 0 aliphatic carbocycles. The monoisotopic (exact) mass is 192 g/mol. The van der Waals surface area contributed by atoms with Gasteiger partial charge in [-0.3, -0.25) is 0 Å². The fourth-order valence-corrected chi connectivity index (χ4v) is 1.64. The second-order valence-corrected chi connectivity index (χ2v) is 4.53. The molecule has 12 heavy (non-hydrogen) atoms. The van der Waals surface area contributed by atoms with E-state index in [9.17, 15) is 8.42 Å². The zero-order chi connectivity index (χ0) is 9.61. The first kappa shape index (κ1) is 11.6. The van der Waals surface area contributed by atoms with E-state index in [1.54, 1.807) is 6.08 Å². The van der Waals surface area contributed by atoms with Gasteiger partial charge in [0.05, 0.1) is 6.26 Å². The van der Waals surface area contributed by atoms with Gasteiger partial charge in [-0.1, -0.05) is 6.08 Å². The number of nitrogens with zero attached hydrogens (tertiary/aromatic N) is 1. The molecule has 0 aliphatic rings. The SMILES string of the molecule is C=CCN(CCCN)S(C)(=O)=O. The Morgan fingerprint density at radius 1 is 1.58 bits per heavy atom. The molecule has 0 fully saturated rings. The molecule has 2 N–H and O–H groups in total. The Morgan fingerprint density at radius 2 is 2.17 bits per heavy atom. The molecule has 0 spiro atoms. The van der Waals surface area contributed by atoms with Crippen molar-refractivity contribution in [2.75, 3.05) is 25.9 Å². The molecule has 0 radical (unpaired) electrons. The lowest BCUT2D eigenvalue weighted by Gasteiger charge is -2.16. The van der Waals surface area contributed by atoms with E-state index >= 15 is 0 Å². The van der Waals surface area contributed by atoms with Crippen molar-refractivity contribution in [2.45, 2.75) is 6.42 Å². The van der Waals surface area contributed by atoms with Gasteiger partial charge < -0.3 is 5.73 Å². The Labute approximate surface area is 74.1 Å². The van der Waals surface area contributed by atoms with Crippen LogP contribution < -0.4 is 5.73 Å². The van der Waals surface area contributed by atoms with Gasteiger partial charge in [0.15, 0.2) is 0 Å². The van der Waals surface area contributed by atoms with Crippen molar-refractivity contribution in [1.29, 1.82) is 0 Å². The molecule has 0 saturated carbocycles. The van der Waals surface area contributed by atoms with E-state index in [-0.39, 0.29) is 0 Å². The molecule has 0 aromatic heterocycles. The molecule has 4 nitrogen and oxygen atoms in total. The van der Waals surface area contributed by atoms with Crippen LogP contribution in [0.2, 0.25) is 0 Å². The summed E-state index contributed by atoms with van der Waals surface area (Å²) in [5.41, 5.74) is 5.27. The largest absolute Gasteiger partial charge is 0.330 e. The highest BCUT2D eigenvalue weighted by Crippen LogP contribution is 1.98. The smallest absolute Gasteiger partial charge is 0.211 e. The van der Waals surface area contributed by atoms with E-state index in [1.165, 1.54) is 10.6 Å². The third-order valence-corrected chi connectivity index (χ3v) is 2.68. The Kier molecular flexibility index (Phi) is 5.12. The highest BCUT2D eigenvalue weighted by atomic mass is 32.2. The minimum Gasteiger partial charge on any atom is -0.330 e. The first-order chi connectivity index (χ1) is 5.52. The van der Waals surface area contributed by atoms with E-state index in [0.29, 0.717) is 26.1 Å². The maximum absolute atomic E-state index is 11.1. The van der Waals surface area contributed by atoms with Crippen LogP contribution in [-0.2, 0) is 10.0 Å². The van der Waals surface area contributed by atoms with Gasteiger partial charge in [0.1, 0.15) is 0 Å². The molecular weight excluding hydrogens is 176 g/mol. The molecule has 0 aromatic rings. The molecule has 72 valence electrons. The van der Waals surface area contributed by atoms with Crippen molar-refractivity contribution in [2.24, 2.45) is 5.73 Å². The third kappa shape index (κ3) is 4.48. The highest BCUT2D eigenvalue weighted by molar-refractivity contribution is 7.88. The number of rotatable bonds is 6. The van der Waals surface area contributed by atoms with Crippen molar-refractivity contribution < 1.29 is 8.42 Å². The van der Waals surface area contributed by atoms with Gasteiger partial charge in [-0.2, -0.15) is 4.31 Å². The Balaban J connectivity index is 4.14. The second kappa shape index (κ2) is 5.29. The van der Waals surface area contributed by atoms with Crippen LogP contribution in [0.25, 0.3) is 0 Å².